The van der Waals surface area contributed by atoms with Gasteiger partial charge >= 0.3 is 0 Å². The highest BCUT2D eigenvalue weighted by atomic mass is 35.5. The van der Waals surface area contributed by atoms with Gasteiger partial charge in [0.15, 0.2) is 11.5 Å². The second kappa shape index (κ2) is 5.90. The molecule has 0 spiro atoms. The van der Waals surface area contributed by atoms with Gasteiger partial charge in [-0.3, -0.25) is 4.55 Å². The third-order valence-corrected chi connectivity index (χ3v) is 4.25. The van der Waals surface area contributed by atoms with E-state index in [2.05, 4.69) is 0 Å². The first-order chi connectivity index (χ1) is 9.68. The molecule has 9 heteroatoms. The zero-order chi connectivity index (χ0) is 15.8. The van der Waals surface area contributed by atoms with Gasteiger partial charge in [-0.05, 0) is 18.2 Å². The molecule has 2 aromatic rings. The van der Waals surface area contributed by atoms with E-state index in [1.807, 2.05) is 0 Å². The fourth-order valence-electron chi connectivity index (χ4n) is 1.48. The average Bonchev–Trinajstić information content (AvgIpc) is 2.33. The van der Waals surface area contributed by atoms with Crippen molar-refractivity contribution in [1.82, 2.24) is 0 Å². The van der Waals surface area contributed by atoms with Crippen LogP contribution in [0, 0.1) is 0 Å². The summed E-state index contributed by atoms with van der Waals surface area (Å²) >= 11 is 17.3. The van der Waals surface area contributed by atoms with Gasteiger partial charge in [-0.2, -0.15) is 8.42 Å². The number of aromatic hydroxyl groups is 1. The van der Waals surface area contributed by atoms with Gasteiger partial charge in [-0.15, -0.1) is 0 Å². The summed E-state index contributed by atoms with van der Waals surface area (Å²) in [6.45, 7) is 0. The minimum Gasteiger partial charge on any atom is -0.504 e. The second-order valence-electron chi connectivity index (χ2n) is 3.90. The van der Waals surface area contributed by atoms with Crippen molar-refractivity contribution in [1.29, 1.82) is 0 Å². The lowest BCUT2D eigenvalue weighted by Gasteiger charge is -2.11. The van der Waals surface area contributed by atoms with Crippen LogP contribution in [-0.4, -0.2) is 18.1 Å². The van der Waals surface area contributed by atoms with Crippen LogP contribution in [0.5, 0.6) is 17.2 Å². The number of phenolic OH excluding ortho intramolecular Hbond substituents is 1. The van der Waals surface area contributed by atoms with Crippen LogP contribution < -0.4 is 4.74 Å². The smallest absolute Gasteiger partial charge is 0.296 e. The molecule has 0 unspecified atom stereocenters. The molecule has 0 aliphatic carbocycles. The Morgan fingerprint density at radius 2 is 1.62 bits per heavy atom. The molecule has 0 aliphatic heterocycles. The first-order valence-electron chi connectivity index (χ1n) is 5.31. The SMILES string of the molecule is O=S(=O)(O)c1cc(Oc2ccc(Cl)cc2Cl)c(O)cc1Cl. The molecule has 5 nitrogen and oxygen atoms in total. The highest BCUT2D eigenvalue weighted by molar-refractivity contribution is 7.86. The average molecular weight is 370 g/mol. The third kappa shape index (κ3) is 3.72. The van der Waals surface area contributed by atoms with Crippen LogP contribution in [0.2, 0.25) is 15.1 Å². The molecule has 0 fully saturated rings. The molecule has 0 saturated carbocycles. The van der Waals surface area contributed by atoms with Crippen LogP contribution in [0.4, 0.5) is 0 Å². The Labute approximate surface area is 135 Å². The molecule has 2 N–H and O–H groups in total. The largest absolute Gasteiger partial charge is 0.504 e. The van der Waals surface area contributed by atoms with E-state index in [0.717, 1.165) is 12.1 Å². The molecular weight excluding hydrogens is 363 g/mol. The van der Waals surface area contributed by atoms with E-state index in [0.29, 0.717) is 5.02 Å². The molecule has 112 valence electrons. The topological polar surface area (TPSA) is 83.8 Å². The van der Waals surface area contributed by atoms with E-state index in [1.54, 1.807) is 0 Å². The number of rotatable bonds is 3. The van der Waals surface area contributed by atoms with Gasteiger partial charge in [0.1, 0.15) is 10.6 Å². The molecule has 2 rings (SSSR count). The maximum Gasteiger partial charge on any atom is 0.296 e. The molecular formula is C12H7Cl3O5S. The summed E-state index contributed by atoms with van der Waals surface area (Å²) in [5.41, 5.74) is 0. The van der Waals surface area contributed by atoms with Crippen molar-refractivity contribution < 1.29 is 22.8 Å². The number of hydrogen-bond acceptors (Lipinski definition) is 4. The maximum atomic E-state index is 11.2. The fourth-order valence-corrected chi connectivity index (χ4v) is 2.94. The molecule has 2 aromatic carbocycles. The van der Waals surface area contributed by atoms with E-state index < -0.39 is 20.8 Å². The first kappa shape index (κ1) is 16.2. The highest BCUT2D eigenvalue weighted by Gasteiger charge is 2.19. The van der Waals surface area contributed by atoms with Crippen molar-refractivity contribution in [2.75, 3.05) is 0 Å². The Balaban J connectivity index is 2.49. The van der Waals surface area contributed by atoms with Gasteiger partial charge in [0.05, 0.1) is 10.0 Å². The Bertz CT molecular complexity index is 805. The maximum absolute atomic E-state index is 11.2. The van der Waals surface area contributed by atoms with Crippen molar-refractivity contribution in [3.05, 3.63) is 45.4 Å². The minimum atomic E-state index is -4.56. The van der Waals surface area contributed by atoms with E-state index in [9.17, 15) is 13.5 Å². The summed E-state index contributed by atoms with van der Waals surface area (Å²) in [6.07, 6.45) is 0. The fraction of sp³-hybridized carbons (Fsp3) is 0. The third-order valence-electron chi connectivity index (χ3n) is 2.41. The van der Waals surface area contributed by atoms with Crippen LogP contribution in [-0.2, 0) is 10.1 Å². The molecule has 0 aliphatic rings. The van der Waals surface area contributed by atoms with E-state index in [4.69, 9.17) is 44.1 Å². The van der Waals surface area contributed by atoms with Crippen molar-refractivity contribution in [3.8, 4) is 17.2 Å². The van der Waals surface area contributed by atoms with Crippen molar-refractivity contribution >= 4 is 44.9 Å². The number of ether oxygens (including phenoxy) is 1. The van der Waals surface area contributed by atoms with Gasteiger partial charge in [-0.25, -0.2) is 0 Å². The van der Waals surface area contributed by atoms with Gasteiger partial charge in [0.25, 0.3) is 10.1 Å². The van der Waals surface area contributed by atoms with Crippen LogP contribution in [0.1, 0.15) is 0 Å². The van der Waals surface area contributed by atoms with Crippen LogP contribution >= 0.6 is 34.8 Å². The van der Waals surface area contributed by atoms with E-state index in [-0.39, 0.29) is 21.5 Å². The summed E-state index contributed by atoms with van der Waals surface area (Å²) in [6, 6.07) is 6.17. The molecule has 0 amide bonds. The molecule has 0 saturated heterocycles. The monoisotopic (exact) mass is 368 g/mol. The Morgan fingerprint density at radius 1 is 0.952 bits per heavy atom. The van der Waals surface area contributed by atoms with Crippen molar-refractivity contribution in [2.45, 2.75) is 4.90 Å². The quantitative estimate of drug-likeness (QED) is 0.784. The highest BCUT2D eigenvalue weighted by Crippen LogP contribution is 2.39. The van der Waals surface area contributed by atoms with Gasteiger partial charge in [0, 0.05) is 17.2 Å². The number of hydrogen-bond donors (Lipinski definition) is 2. The lowest BCUT2D eigenvalue weighted by molar-refractivity contribution is 0.409. The zero-order valence-electron chi connectivity index (χ0n) is 10.0. The lowest BCUT2D eigenvalue weighted by Crippen LogP contribution is -2.00. The number of phenols is 1. The van der Waals surface area contributed by atoms with Crippen molar-refractivity contribution in [2.24, 2.45) is 0 Å². The van der Waals surface area contributed by atoms with Gasteiger partial charge in [-0.1, -0.05) is 34.8 Å². The summed E-state index contributed by atoms with van der Waals surface area (Å²) in [7, 11) is -4.56. The van der Waals surface area contributed by atoms with Gasteiger partial charge < -0.3 is 9.84 Å². The molecule has 0 aromatic heterocycles. The molecule has 0 heterocycles. The van der Waals surface area contributed by atoms with Crippen LogP contribution in [0.25, 0.3) is 0 Å². The molecule has 21 heavy (non-hydrogen) atoms. The summed E-state index contributed by atoms with van der Waals surface area (Å²) < 4.78 is 36.7. The van der Waals surface area contributed by atoms with Crippen LogP contribution in [0.3, 0.4) is 0 Å². The van der Waals surface area contributed by atoms with Crippen LogP contribution in [0.15, 0.2) is 35.2 Å². The Hall–Kier alpha value is -1.18. The summed E-state index contributed by atoms with van der Waals surface area (Å²) in [4.78, 5) is -0.595. The minimum absolute atomic E-state index is 0.139. The molecule has 0 atom stereocenters. The number of benzene rings is 2. The number of halogens is 3. The molecule has 0 bridgehead atoms. The Morgan fingerprint density at radius 3 is 2.19 bits per heavy atom. The predicted octanol–water partition coefficient (Wildman–Crippen LogP) is 4.39. The van der Waals surface area contributed by atoms with Crippen molar-refractivity contribution in [3.63, 3.8) is 0 Å². The lowest BCUT2D eigenvalue weighted by atomic mass is 10.3. The summed E-state index contributed by atoms with van der Waals surface area (Å²) in [5, 5.41) is 9.93. The van der Waals surface area contributed by atoms with E-state index in [1.165, 1.54) is 18.2 Å². The zero-order valence-corrected chi connectivity index (χ0v) is 13.1. The normalized spacial score (nSPS) is 11.4. The predicted molar refractivity (Wildman–Crippen MR) is 79.5 cm³/mol. The summed E-state index contributed by atoms with van der Waals surface area (Å²) in [5.74, 6) is -0.519. The standard InChI is InChI=1S/C12H7Cl3O5S/c13-6-1-2-10(7(14)3-6)20-11-5-12(21(17,18)19)8(15)4-9(11)16/h1-5,16H,(H,17,18,19). The second-order valence-corrected chi connectivity index (χ2v) is 6.54. The van der Waals surface area contributed by atoms with Gasteiger partial charge in [0.2, 0.25) is 0 Å². The van der Waals surface area contributed by atoms with E-state index >= 15 is 0 Å². The Kier molecular flexibility index (Phi) is 4.55. The first-order valence-corrected chi connectivity index (χ1v) is 7.89. The molecule has 0 radical (unpaired) electrons.